The molecule has 0 saturated heterocycles. The summed E-state index contributed by atoms with van der Waals surface area (Å²) in [5.74, 6) is -1.15. The number of aryl methyl sites for hydroxylation is 1. The van der Waals surface area contributed by atoms with Gasteiger partial charge in [-0.2, -0.15) is 0 Å². The molecule has 1 N–H and O–H groups in total. The maximum Gasteiger partial charge on any atom is 0.335 e. The summed E-state index contributed by atoms with van der Waals surface area (Å²) in [5, 5.41) is 9.66. The van der Waals surface area contributed by atoms with Crippen molar-refractivity contribution < 1.29 is 19.1 Å². The highest BCUT2D eigenvalue weighted by Crippen LogP contribution is 2.26. The normalized spacial score (nSPS) is 11.1. The Hall–Kier alpha value is -2.95. The number of hydrogen-bond acceptors (Lipinski definition) is 4. The lowest BCUT2D eigenvalue weighted by atomic mass is 9.98. The first kappa shape index (κ1) is 16.9. The van der Waals surface area contributed by atoms with E-state index in [4.69, 9.17) is 9.52 Å². The zero-order chi connectivity index (χ0) is 18.1. The molecule has 3 rings (SSSR count). The second kappa shape index (κ2) is 6.51. The predicted octanol–water partition coefficient (Wildman–Crippen LogP) is 4.19. The van der Waals surface area contributed by atoms with Crippen molar-refractivity contribution in [1.82, 2.24) is 0 Å². The number of rotatable bonds is 5. The van der Waals surface area contributed by atoms with Crippen molar-refractivity contribution >= 4 is 33.7 Å². The van der Waals surface area contributed by atoms with Crippen molar-refractivity contribution in [2.24, 2.45) is 0 Å². The minimum absolute atomic E-state index is 0.0220. The molecule has 0 saturated carbocycles. The molecule has 5 nitrogen and oxygen atoms in total. The summed E-state index contributed by atoms with van der Waals surface area (Å²) < 4.78 is 5.91. The van der Waals surface area contributed by atoms with Gasteiger partial charge in [0.15, 0.2) is 5.78 Å². The highest BCUT2D eigenvalue weighted by Gasteiger charge is 2.16. The molecule has 0 amide bonds. The Labute approximate surface area is 143 Å². The van der Waals surface area contributed by atoms with Crippen LogP contribution >= 0.6 is 0 Å². The monoisotopic (exact) mass is 338 g/mol. The maximum absolute atomic E-state index is 12.9. The summed E-state index contributed by atoms with van der Waals surface area (Å²) in [5.41, 5.74) is 1.82. The molecule has 0 spiro atoms. The lowest BCUT2D eigenvalue weighted by Gasteiger charge is -2.09. The van der Waals surface area contributed by atoms with Crippen LogP contribution < -0.4 is 5.43 Å². The van der Waals surface area contributed by atoms with E-state index in [-0.39, 0.29) is 22.2 Å². The molecule has 2 aromatic carbocycles. The molecule has 0 atom stereocenters. The molecule has 0 aliphatic carbocycles. The van der Waals surface area contributed by atoms with Gasteiger partial charge in [-0.25, -0.2) is 4.79 Å². The second-order valence-electron chi connectivity index (χ2n) is 5.99. The quantitative estimate of drug-likeness (QED) is 0.557. The SMILES string of the molecule is CCCc1cc(C(=O)CC)cc2c(=O)c3cc(C(=O)O)ccc3oc12. The third-order valence-electron chi connectivity index (χ3n) is 4.26. The van der Waals surface area contributed by atoms with Crippen LogP contribution in [0.3, 0.4) is 0 Å². The van der Waals surface area contributed by atoms with E-state index in [1.54, 1.807) is 19.1 Å². The standard InChI is InChI=1S/C20H18O5/c1-3-5-11-8-13(16(21)4-2)10-15-18(22)14-9-12(20(23)24)6-7-17(14)25-19(11)15/h6-10H,3-5H2,1-2H3,(H,23,24). The fraction of sp³-hybridized carbons (Fsp3) is 0.250. The Morgan fingerprint density at radius 3 is 2.40 bits per heavy atom. The predicted molar refractivity (Wildman–Crippen MR) is 95.6 cm³/mol. The van der Waals surface area contributed by atoms with Gasteiger partial charge < -0.3 is 9.52 Å². The van der Waals surface area contributed by atoms with Gasteiger partial charge in [0.2, 0.25) is 5.43 Å². The van der Waals surface area contributed by atoms with E-state index in [0.29, 0.717) is 35.0 Å². The first-order valence-electron chi connectivity index (χ1n) is 8.26. The van der Waals surface area contributed by atoms with Crippen molar-refractivity contribution in [2.45, 2.75) is 33.1 Å². The molecule has 1 heterocycles. The highest BCUT2D eigenvalue weighted by atomic mass is 16.4. The van der Waals surface area contributed by atoms with Gasteiger partial charge in [-0.05, 0) is 42.3 Å². The van der Waals surface area contributed by atoms with Crippen LogP contribution in [-0.2, 0) is 6.42 Å². The van der Waals surface area contributed by atoms with E-state index in [1.807, 2.05) is 6.92 Å². The number of ketones is 1. The number of aromatic carboxylic acids is 1. The molecule has 0 bridgehead atoms. The zero-order valence-corrected chi connectivity index (χ0v) is 14.1. The van der Waals surface area contributed by atoms with Gasteiger partial charge in [0, 0.05) is 12.0 Å². The number of hydrogen-bond donors (Lipinski definition) is 1. The molecular weight excluding hydrogens is 320 g/mol. The minimum atomic E-state index is -1.11. The Morgan fingerprint density at radius 2 is 1.76 bits per heavy atom. The van der Waals surface area contributed by atoms with Crippen molar-refractivity contribution in [3.63, 3.8) is 0 Å². The van der Waals surface area contributed by atoms with E-state index in [1.165, 1.54) is 18.2 Å². The Kier molecular flexibility index (Phi) is 4.40. The molecule has 3 aromatic rings. The van der Waals surface area contributed by atoms with Crippen LogP contribution in [0.5, 0.6) is 0 Å². The van der Waals surface area contributed by atoms with Crippen LogP contribution in [-0.4, -0.2) is 16.9 Å². The summed E-state index contributed by atoms with van der Waals surface area (Å²) >= 11 is 0. The number of carboxylic acids is 1. The van der Waals surface area contributed by atoms with E-state index < -0.39 is 5.97 Å². The minimum Gasteiger partial charge on any atom is -0.478 e. The molecule has 0 aliphatic rings. The first-order chi connectivity index (χ1) is 12.0. The average molecular weight is 338 g/mol. The summed E-state index contributed by atoms with van der Waals surface area (Å²) in [7, 11) is 0. The van der Waals surface area contributed by atoms with Crippen molar-refractivity contribution in [3.05, 3.63) is 57.2 Å². The molecule has 0 fully saturated rings. The van der Waals surface area contributed by atoms with E-state index in [0.717, 1.165) is 12.0 Å². The lowest BCUT2D eigenvalue weighted by Crippen LogP contribution is -2.08. The van der Waals surface area contributed by atoms with Crippen LogP contribution in [0.2, 0.25) is 0 Å². The Bertz CT molecular complexity index is 1060. The van der Waals surface area contributed by atoms with Crippen LogP contribution in [0.25, 0.3) is 21.9 Å². The van der Waals surface area contributed by atoms with Crippen LogP contribution in [0, 0.1) is 0 Å². The van der Waals surface area contributed by atoms with Crippen molar-refractivity contribution in [3.8, 4) is 0 Å². The van der Waals surface area contributed by atoms with Crippen LogP contribution in [0.1, 0.15) is 53.0 Å². The molecule has 1 aromatic heterocycles. The summed E-state index contributed by atoms with van der Waals surface area (Å²) in [6.07, 6.45) is 1.88. The fourth-order valence-electron chi connectivity index (χ4n) is 2.98. The van der Waals surface area contributed by atoms with Gasteiger partial charge in [-0.1, -0.05) is 20.3 Å². The molecule has 0 radical (unpaired) electrons. The largest absolute Gasteiger partial charge is 0.478 e. The number of fused-ring (bicyclic) bond motifs is 2. The molecule has 5 heteroatoms. The molecule has 0 unspecified atom stereocenters. The summed E-state index contributed by atoms with van der Waals surface area (Å²) in [6.45, 7) is 3.78. The molecular formula is C20H18O5. The zero-order valence-electron chi connectivity index (χ0n) is 14.1. The van der Waals surface area contributed by atoms with Gasteiger partial charge in [-0.15, -0.1) is 0 Å². The van der Waals surface area contributed by atoms with Crippen molar-refractivity contribution in [1.29, 1.82) is 0 Å². The van der Waals surface area contributed by atoms with Gasteiger partial charge in [0.1, 0.15) is 11.2 Å². The van der Waals surface area contributed by atoms with Gasteiger partial charge >= 0.3 is 5.97 Å². The lowest BCUT2D eigenvalue weighted by molar-refractivity contribution is 0.0697. The number of benzene rings is 2. The van der Waals surface area contributed by atoms with Crippen LogP contribution in [0.4, 0.5) is 0 Å². The molecule has 128 valence electrons. The summed E-state index contributed by atoms with van der Waals surface area (Å²) in [6, 6.07) is 7.57. The Morgan fingerprint density at radius 1 is 1.04 bits per heavy atom. The average Bonchev–Trinajstić information content (AvgIpc) is 2.61. The summed E-state index contributed by atoms with van der Waals surface area (Å²) in [4.78, 5) is 36.2. The highest BCUT2D eigenvalue weighted by molar-refractivity contribution is 6.02. The number of Topliss-reactive ketones (excluding diaryl/α,β-unsaturated/α-hetero) is 1. The van der Waals surface area contributed by atoms with E-state index in [9.17, 15) is 14.4 Å². The van der Waals surface area contributed by atoms with E-state index >= 15 is 0 Å². The Balaban J connectivity index is 2.41. The van der Waals surface area contributed by atoms with Gasteiger partial charge in [0.25, 0.3) is 0 Å². The smallest absolute Gasteiger partial charge is 0.335 e. The fourth-order valence-corrected chi connectivity index (χ4v) is 2.98. The molecule has 0 aliphatic heterocycles. The van der Waals surface area contributed by atoms with Gasteiger partial charge in [0.05, 0.1) is 16.3 Å². The first-order valence-corrected chi connectivity index (χ1v) is 8.26. The van der Waals surface area contributed by atoms with Crippen LogP contribution in [0.15, 0.2) is 39.5 Å². The second-order valence-corrected chi connectivity index (χ2v) is 5.99. The maximum atomic E-state index is 12.9. The number of carbonyl (C=O) groups excluding carboxylic acids is 1. The number of carboxylic acid groups (broad SMARTS) is 1. The van der Waals surface area contributed by atoms with E-state index in [2.05, 4.69) is 0 Å². The molecule has 25 heavy (non-hydrogen) atoms. The van der Waals surface area contributed by atoms with Crippen molar-refractivity contribution in [2.75, 3.05) is 0 Å². The number of carbonyl (C=O) groups is 2. The van der Waals surface area contributed by atoms with Gasteiger partial charge in [-0.3, -0.25) is 9.59 Å². The third kappa shape index (κ3) is 2.93. The topological polar surface area (TPSA) is 84.6 Å². The third-order valence-corrected chi connectivity index (χ3v) is 4.26.